The number of ether oxygens (including phenoxy) is 1. The molecule has 1 aliphatic rings. The molecule has 3 unspecified atom stereocenters. The van der Waals surface area contributed by atoms with Crippen LogP contribution in [-0.4, -0.2) is 19.2 Å². The zero-order valence-electron chi connectivity index (χ0n) is 11.9. The average Bonchev–Trinajstić information content (AvgIpc) is 2.42. The lowest BCUT2D eigenvalue weighted by molar-refractivity contribution is 0.0829. The molecule has 19 heavy (non-hydrogen) atoms. The van der Waals surface area contributed by atoms with Gasteiger partial charge in [-0.3, -0.25) is 0 Å². The zero-order valence-corrected chi connectivity index (χ0v) is 11.9. The van der Waals surface area contributed by atoms with Gasteiger partial charge in [-0.15, -0.1) is 0 Å². The Morgan fingerprint density at radius 3 is 2.79 bits per heavy atom. The third-order valence-electron chi connectivity index (χ3n) is 4.08. The first-order chi connectivity index (χ1) is 9.24. The fourth-order valence-corrected chi connectivity index (χ4v) is 3.05. The molecule has 0 aromatic heterocycles. The standard InChI is InChI=1S/C16H24FNO/c1-3-6-12-9-10-14(18-2)16(11-12)19-15-8-5-4-7-13(15)17/h4-5,7-8,12,14,16,18H,3,6,9-11H2,1-2H3. The van der Waals surface area contributed by atoms with Crippen molar-refractivity contribution in [1.82, 2.24) is 5.32 Å². The molecule has 3 atom stereocenters. The van der Waals surface area contributed by atoms with E-state index in [2.05, 4.69) is 12.2 Å². The summed E-state index contributed by atoms with van der Waals surface area (Å²) in [5.74, 6) is 0.825. The second-order valence-electron chi connectivity index (χ2n) is 5.45. The van der Waals surface area contributed by atoms with Crippen LogP contribution < -0.4 is 10.1 Å². The van der Waals surface area contributed by atoms with Gasteiger partial charge in [-0.25, -0.2) is 4.39 Å². The van der Waals surface area contributed by atoms with E-state index in [1.807, 2.05) is 13.1 Å². The lowest BCUT2D eigenvalue weighted by Gasteiger charge is -2.36. The molecule has 0 heterocycles. The molecule has 2 nitrogen and oxygen atoms in total. The fraction of sp³-hybridized carbons (Fsp3) is 0.625. The van der Waals surface area contributed by atoms with Gasteiger partial charge >= 0.3 is 0 Å². The number of para-hydroxylation sites is 1. The Bertz CT molecular complexity index is 396. The first kappa shape index (κ1) is 14.3. The van der Waals surface area contributed by atoms with Gasteiger partial charge in [-0.05, 0) is 44.4 Å². The second kappa shape index (κ2) is 6.90. The van der Waals surface area contributed by atoms with Gasteiger partial charge in [0, 0.05) is 6.04 Å². The molecule has 0 bridgehead atoms. The molecule has 1 aromatic carbocycles. The van der Waals surface area contributed by atoms with Gasteiger partial charge in [0.2, 0.25) is 0 Å². The predicted molar refractivity (Wildman–Crippen MR) is 75.9 cm³/mol. The summed E-state index contributed by atoms with van der Waals surface area (Å²) in [5.41, 5.74) is 0. The van der Waals surface area contributed by atoms with Crippen molar-refractivity contribution in [2.24, 2.45) is 5.92 Å². The van der Waals surface area contributed by atoms with Crippen LogP contribution in [0.5, 0.6) is 5.75 Å². The van der Waals surface area contributed by atoms with Gasteiger partial charge in [0.05, 0.1) is 0 Å². The summed E-state index contributed by atoms with van der Waals surface area (Å²) >= 11 is 0. The minimum atomic E-state index is -0.269. The Morgan fingerprint density at radius 2 is 2.11 bits per heavy atom. The average molecular weight is 265 g/mol. The van der Waals surface area contributed by atoms with Crippen molar-refractivity contribution in [3.8, 4) is 5.75 Å². The minimum Gasteiger partial charge on any atom is -0.486 e. The lowest BCUT2D eigenvalue weighted by Crippen LogP contribution is -2.45. The van der Waals surface area contributed by atoms with Crippen molar-refractivity contribution >= 4 is 0 Å². The van der Waals surface area contributed by atoms with Crippen LogP contribution in [0.25, 0.3) is 0 Å². The summed E-state index contributed by atoms with van der Waals surface area (Å²) in [6.07, 6.45) is 5.91. The topological polar surface area (TPSA) is 21.3 Å². The molecule has 1 aliphatic carbocycles. The highest BCUT2D eigenvalue weighted by Crippen LogP contribution is 2.31. The minimum absolute atomic E-state index is 0.0761. The lowest BCUT2D eigenvalue weighted by atomic mass is 9.81. The summed E-state index contributed by atoms with van der Waals surface area (Å²) in [6.45, 7) is 2.22. The highest BCUT2D eigenvalue weighted by Gasteiger charge is 2.31. The third kappa shape index (κ3) is 3.69. The van der Waals surface area contributed by atoms with Gasteiger partial charge in [-0.1, -0.05) is 31.9 Å². The summed E-state index contributed by atoms with van der Waals surface area (Å²) in [5, 5.41) is 3.31. The van der Waals surface area contributed by atoms with Gasteiger partial charge in [0.15, 0.2) is 11.6 Å². The van der Waals surface area contributed by atoms with Crippen molar-refractivity contribution in [2.75, 3.05) is 7.05 Å². The second-order valence-corrected chi connectivity index (χ2v) is 5.45. The molecule has 0 amide bonds. The van der Waals surface area contributed by atoms with E-state index in [4.69, 9.17) is 4.74 Å². The number of hydrogen-bond acceptors (Lipinski definition) is 2. The number of nitrogens with one attached hydrogen (secondary N) is 1. The number of benzene rings is 1. The van der Waals surface area contributed by atoms with Crippen LogP contribution in [0.2, 0.25) is 0 Å². The number of hydrogen-bond donors (Lipinski definition) is 1. The highest BCUT2D eigenvalue weighted by molar-refractivity contribution is 5.24. The third-order valence-corrected chi connectivity index (χ3v) is 4.08. The van der Waals surface area contributed by atoms with Crippen LogP contribution in [0, 0.1) is 11.7 Å². The fourth-order valence-electron chi connectivity index (χ4n) is 3.05. The number of halogens is 1. The van der Waals surface area contributed by atoms with Gasteiger partial charge < -0.3 is 10.1 Å². The molecule has 1 saturated carbocycles. The number of rotatable bonds is 5. The summed E-state index contributed by atoms with van der Waals surface area (Å²) in [4.78, 5) is 0. The predicted octanol–water partition coefficient (Wildman–Crippen LogP) is 3.76. The summed E-state index contributed by atoms with van der Waals surface area (Å²) < 4.78 is 19.6. The molecule has 106 valence electrons. The van der Waals surface area contributed by atoms with Crippen LogP contribution in [-0.2, 0) is 0 Å². The maximum Gasteiger partial charge on any atom is 0.165 e. The highest BCUT2D eigenvalue weighted by atomic mass is 19.1. The Hall–Kier alpha value is -1.09. The molecule has 3 heteroatoms. The maximum absolute atomic E-state index is 13.7. The van der Waals surface area contributed by atoms with E-state index >= 15 is 0 Å². The summed E-state index contributed by atoms with van der Waals surface area (Å²) in [7, 11) is 1.96. The monoisotopic (exact) mass is 265 g/mol. The van der Waals surface area contributed by atoms with E-state index in [0.717, 1.165) is 12.8 Å². The molecule has 1 N–H and O–H groups in total. The molecule has 0 aliphatic heterocycles. The van der Waals surface area contributed by atoms with Crippen LogP contribution in [0.4, 0.5) is 4.39 Å². The Morgan fingerprint density at radius 1 is 1.32 bits per heavy atom. The van der Waals surface area contributed by atoms with E-state index in [1.54, 1.807) is 12.1 Å². The molecular formula is C16H24FNO. The molecule has 0 saturated heterocycles. The Labute approximate surface area is 115 Å². The van der Waals surface area contributed by atoms with Gasteiger partial charge in [0.25, 0.3) is 0 Å². The Kier molecular flexibility index (Phi) is 5.20. The smallest absolute Gasteiger partial charge is 0.165 e. The van der Waals surface area contributed by atoms with Crippen LogP contribution >= 0.6 is 0 Å². The van der Waals surface area contributed by atoms with Crippen LogP contribution in [0.1, 0.15) is 39.0 Å². The molecule has 1 fully saturated rings. The van der Waals surface area contributed by atoms with Crippen molar-refractivity contribution in [2.45, 2.75) is 51.2 Å². The molecule has 2 rings (SSSR count). The van der Waals surface area contributed by atoms with Crippen molar-refractivity contribution in [3.05, 3.63) is 30.1 Å². The molecule has 1 aromatic rings. The normalized spacial score (nSPS) is 27.2. The van der Waals surface area contributed by atoms with E-state index < -0.39 is 0 Å². The van der Waals surface area contributed by atoms with Crippen molar-refractivity contribution in [3.63, 3.8) is 0 Å². The Balaban J connectivity index is 2.04. The quantitative estimate of drug-likeness (QED) is 0.875. The largest absolute Gasteiger partial charge is 0.486 e. The van der Waals surface area contributed by atoms with Crippen molar-refractivity contribution < 1.29 is 9.13 Å². The SMILES string of the molecule is CCCC1CCC(NC)C(Oc2ccccc2F)C1. The van der Waals surface area contributed by atoms with E-state index in [1.165, 1.54) is 25.3 Å². The van der Waals surface area contributed by atoms with E-state index in [-0.39, 0.29) is 11.9 Å². The van der Waals surface area contributed by atoms with Crippen molar-refractivity contribution in [1.29, 1.82) is 0 Å². The molecular weight excluding hydrogens is 241 g/mol. The van der Waals surface area contributed by atoms with E-state index in [0.29, 0.717) is 17.7 Å². The van der Waals surface area contributed by atoms with Gasteiger partial charge in [-0.2, -0.15) is 0 Å². The number of likely N-dealkylation sites (N-methyl/N-ethyl adjacent to an activating group) is 1. The van der Waals surface area contributed by atoms with Gasteiger partial charge in [0.1, 0.15) is 6.10 Å². The first-order valence-electron chi connectivity index (χ1n) is 7.33. The summed E-state index contributed by atoms with van der Waals surface area (Å²) in [6, 6.07) is 7.01. The van der Waals surface area contributed by atoms with Crippen LogP contribution in [0.3, 0.4) is 0 Å². The molecule has 0 radical (unpaired) electrons. The zero-order chi connectivity index (χ0) is 13.7. The van der Waals surface area contributed by atoms with E-state index in [9.17, 15) is 4.39 Å². The van der Waals surface area contributed by atoms with Crippen LogP contribution in [0.15, 0.2) is 24.3 Å². The molecule has 0 spiro atoms. The maximum atomic E-state index is 13.7. The first-order valence-corrected chi connectivity index (χ1v) is 7.33.